The zero-order chi connectivity index (χ0) is 17.2. The molecule has 0 N–H and O–H groups in total. The van der Waals surface area contributed by atoms with Crippen molar-refractivity contribution in [2.75, 3.05) is 0 Å². The predicted octanol–water partition coefficient (Wildman–Crippen LogP) is 5.88. The van der Waals surface area contributed by atoms with Crippen LogP contribution in [0.15, 0.2) is 64.4 Å². The summed E-state index contributed by atoms with van der Waals surface area (Å²) in [6.07, 6.45) is 1.76. The second-order valence-corrected chi connectivity index (χ2v) is 7.04. The second kappa shape index (κ2) is 7.04. The fourth-order valence-corrected chi connectivity index (χ4v) is 3.74. The van der Waals surface area contributed by atoms with E-state index in [1.165, 1.54) is 11.8 Å². The van der Waals surface area contributed by atoms with Gasteiger partial charge >= 0.3 is 0 Å². The molecule has 0 aliphatic carbocycles. The maximum absolute atomic E-state index is 6.35. The summed E-state index contributed by atoms with van der Waals surface area (Å²) in [6, 6.07) is 15.1. The van der Waals surface area contributed by atoms with Gasteiger partial charge in [-0.2, -0.15) is 0 Å². The molecular weight excluding hydrogens is 377 g/mol. The fourth-order valence-electron chi connectivity index (χ4n) is 2.46. The van der Waals surface area contributed by atoms with E-state index in [1.54, 1.807) is 18.3 Å². The lowest BCUT2D eigenvalue weighted by atomic mass is 10.1. The highest BCUT2D eigenvalue weighted by atomic mass is 35.5. The average molecular weight is 388 g/mol. The molecule has 0 unspecified atom stereocenters. The molecule has 0 aliphatic rings. The van der Waals surface area contributed by atoms with Crippen LogP contribution in [0.2, 0.25) is 10.0 Å². The third-order valence-corrected chi connectivity index (χ3v) is 5.07. The van der Waals surface area contributed by atoms with E-state index >= 15 is 0 Å². The van der Waals surface area contributed by atoms with Crippen LogP contribution in [0.1, 0.15) is 5.56 Å². The maximum atomic E-state index is 6.35. The highest BCUT2D eigenvalue weighted by molar-refractivity contribution is 7.98. The Morgan fingerprint density at radius 1 is 1.00 bits per heavy atom. The molecule has 4 nitrogen and oxygen atoms in total. The molecule has 0 saturated carbocycles. The summed E-state index contributed by atoms with van der Waals surface area (Å²) in [6.45, 7) is 0. The Labute approximate surface area is 158 Å². The van der Waals surface area contributed by atoms with E-state index in [2.05, 4.69) is 15.2 Å². The van der Waals surface area contributed by atoms with Gasteiger partial charge in [0, 0.05) is 38.5 Å². The van der Waals surface area contributed by atoms with Gasteiger partial charge in [0.15, 0.2) is 0 Å². The first kappa shape index (κ1) is 16.4. The molecule has 124 valence electrons. The monoisotopic (exact) mass is 387 g/mol. The number of aromatic nitrogens is 3. The fraction of sp³-hybridized carbons (Fsp3) is 0.0556. The minimum Gasteiger partial charge on any atom is -0.411 e. The molecule has 0 bridgehead atoms. The van der Waals surface area contributed by atoms with Gasteiger partial charge in [-0.25, -0.2) is 0 Å². The second-order valence-electron chi connectivity index (χ2n) is 5.27. The van der Waals surface area contributed by atoms with Gasteiger partial charge in [-0.1, -0.05) is 53.2 Å². The summed E-state index contributed by atoms with van der Waals surface area (Å²) in [7, 11) is 0. The van der Waals surface area contributed by atoms with E-state index in [1.807, 2.05) is 36.4 Å². The lowest BCUT2D eigenvalue weighted by Crippen LogP contribution is -1.89. The smallest absolute Gasteiger partial charge is 0.277 e. The zero-order valence-corrected chi connectivity index (χ0v) is 15.1. The van der Waals surface area contributed by atoms with Crippen molar-refractivity contribution in [1.29, 1.82) is 0 Å². The average Bonchev–Trinajstić information content (AvgIpc) is 3.10. The predicted molar refractivity (Wildman–Crippen MR) is 101 cm³/mol. The molecule has 7 heteroatoms. The van der Waals surface area contributed by atoms with E-state index in [9.17, 15) is 0 Å². The Kier molecular flexibility index (Phi) is 4.61. The molecule has 0 atom stereocenters. The molecule has 2 heterocycles. The number of thioether (sulfide) groups is 1. The van der Waals surface area contributed by atoms with E-state index in [-0.39, 0.29) is 0 Å². The third-order valence-electron chi connectivity index (χ3n) is 3.64. The number of pyridine rings is 1. The molecule has 2 aromatic carbocycles. The quantitative estimate of drug-likeness (QED) is 0.409. The van der Waals surface area contributed by atoms with Crippen molar-refractivity contribution in [3.8, 4) is 11.5 Å². The van der Waals surface area contributed by atoms with Crippen LogP contribution in [0.3, 0.4) is 0 Å². The van der Waals surface area contributed by atoms with E-state index in [0.29, 0.717) is 26.9 Å². The zero-order valence-electron chi connectivity index (χ0n) is 12.8. The van der Waals surface area contributed by atoms with Gasteiger partial charge < -0.3 is 4.42 Å². The first-order valence-electron chi connectivity index (χ1n) is 7.45. The van der Waals surface area contributed by atoms with Crippen molar-refractivity contribution in [2.24, 2.45) is 0 Å². The Morgan fingerprint density at radius 3 is 2.80 bits per heavy atom. The van der Waals surface area contributed by atoms with Crippen molar-refractivity contribution in [2.45, 2.75) is 11.0 Å². The van der Waals surface area contributed by atoms with Gasteiger partial charge in [0.05, 0.1) is 5.52 Å². The van der Waals surface area contributed by atoms with Crippen molar-refractivity contribution in [3.63, 3.8) is 0 Å². The van der Waals surface area contributed by atoms with Gasteiger partial charge in [-0.15, -0.1) is 10.2 Å². The Morgan fingerprint density at radius 2 is 1.92 bits per heavy atom. The van der Waals surface area contributed by atoms with Gasteiger partial charge in [-0.05, 0) is 30.3 Å². The minimum absolute atomic E-state index is 0.437. The third kappa shape index (κ3) is 3.49. The standard InChI is InChI=1S/C18H11Cl2N3OS/c19-13-5-1-3-12(9-13)17-22-23-18(24-17)25-10-14-15(20)7-6-11-4-2-8-21-16(11)14/h1-9H,10H2. The van der Waals surface area contributed by atoms with Crippen molar-refractivity contribution >= 4 is 45.9 Å². The Hall–Kier alpha value is -2.08. The number of rotatable bonds is 4. The van der Waals surface area contributed by atoms with Crippen LogP contribution in [0.5, 0.6) is 0 Å². The SMILES string of the molecule is Clc1cccc(-c2nnc(SCc3c(Cl)ccc4cccnc34)o2)c1. The number of nitrogens with zero attached hydrogens (tertiary/aromatic N) is 3. The number of benzene rings is 2. The van der Waals surface area contributed by atoms with Crippen LogP contribution in [0.25, 0.3) is 22.4 Å². The molecule has 0 fully saturated rings. The first-order chi connectivity index (χ1) is 12.2. The van der Waals surface area contributed by atoms with Gasteiger partial charge in [0.2, 0.25) is 5.89 Å². The van der Waals surface area contributed by atoms with Crippen molar-refractivity contribution < 1.29 is 4.42 Å². The van der Waals surface area contributed by atoms with Gasteiger partial charge in [0.25, 0.3) is 5.22 Å². The molecule has 0 aliphatic heterocycles. The minimum atomic E-state index is 0.437. The normalized spacial score (nSPS) is 11.1. The van der Waals surface area contributed by atoms with E-state index in [4.69, 9.17) is 27.6 Å². The molecule has 4 rings (SSSR count). The largest absolute Gasteiger partial charge is 0.411 e. The molecule has 0 spiro atoms. The molecule has 0 amide bonds. The highest BCUT2D eigenvalue weighted by Gasteiger charge is 2.13. The van der Waals surface area contributed by atoms with Crippen LogP contribution in [-0.4, -0.2) is 15.2 Å². The van der Waals surface area contributed by atoms with Crippen molar-refractivity contribution in [3.05, 3.63) is 70.3 Å². The Bertz CT molecular complexity index is 1050. The summed E-state index contributed by atoms with van der Waals surface area (Å²) in [5, 5.41) is 11.0. The van der Waals surface area contributed by atoms with Crippen molar-refractivity contribution in [1.82, 2.24) is 15.2 Å². The number of fused-ring (bicyclic) bond motifs is 1. The molecule has 0 saturated heterocycles. The summed E-state index contributed by atoms with van der Waals surface area (Å²) >= 11 is 13.8. The summed E-state index contributed by atoms with van der Waals surface area (Å²) in [4.78, 5) is 4.44. The van der Waals surface area contributed by atoms with Crippen LogP contribution in [0, 0.1) is 0 Å². The van der Waals surface area contributed by atoms with Crippen LogP contribution in [0.4, 0.5) is 0 Å². The highest BCUT2D eigenvalue weighted by Crippen LogP contribution is 2.32. The van der Waals surface area contributed by atoms with Crippen LogP contribution >= 0.6 is 35.0 Å². The summed E-state index contributed by atoms with van der Waals surface area (Å²) < 4.78 is 5.72. The van der Waals surface area contributed by atoms with E-state index < -0.39 is 0 Å². The van der Waals surface area contributed by atoms with Crippen LogP contribution in [-0.2, 0) is 5.75 Å². The van der Waals surface area contributed by atoms with Gasteiger partial charge in [0.1, 0.15) is 0 Å². The van der Waals surface area contributed by atoms with Gasteiger partial charge in [-0.3, -0.25) is 4.98 Å². The molecule has 2 aromatic heterocycles. The molecule has 25 heavy (non-hydrogen) atoms. The first-order valence-corrected chi connectivity index (χ1v) is 9.19. The number of hydrogen-bond acceptors (Lipinski definition) is 5. The molecule has 0 radical (unpaired) electrons. The van der Waals surface area contributed by atoms with Crippen LogP contribution < -0.4 is 0 Å². The lowest BCUT2D eigenvalue weighted by molar-refractivity contribution is 0.466. The summed E-state index contributed by atoms with van der Waals surface area (Å²) in [5.41, 5.74) is 2.63. The molecule has 4 aromatic rings. The maximum Gasteiger partial charge on any atom is 0.277 e. The number of hydrogen-bond donors (Lipinski definition) is 0. The Balaban J connectivity index is 1.58. The molecular formula is C18H11Cl2N3OS. The lowest BCUT2D eigenvalue weighted by Gasteiger charge is -2.06. The topological polar surface area (TPSA) is 51.8 Å². The van der Waals surface area contributed by atoms with E-state index in [0.717, 1.165) is 22.0 Å². The summed E-state index contributed by atoms with van der Waals surface area (Å²) in [5.74, 6) is 1.02. The number of halogens is 2.